The Hall–Kier alpha value is -1.17. The highest BCUT2D eigenvalue weighted by Crippen LogP contribution is 2.17. The number of methoxy groups -OCH3 is 2. The molecule has 112 valence electrons. The first-order valence-electron chi connectivity index (χ1n) is 7.24. The topological polar surface area (TPSA) is 46.6 Å². The number of piperidine rings is 1. The van der Waals surface area contributed by atoms with Gasteiger partial charge in [0.2, 0.25) is 0 Å². The van der Waals surface area contributed by atoms with Crippen LogP contribution in [0.4, 0.5) is 5.82 Å². The highest BCUT2D eigenvalue weighted by Gasteiger charge is 2.20. The van der Waals surface area contributed by atoms with Crippen LogP contribution in [0.2, 0.25) is 0 Å². The first kappa shape index (κ1) is 15.2. The van der Waals surface area contributed by atoms with Gasteiger partial charge in [-0.2, -0.15) is 0 Å². The molecule has 0 amide bonds. The van der Waals surface area contributed by atoms with Crippen LogP contribution in [-0.2, 0) is 9.47 Å². The molecule has 1 aromatic rings. The molecule has 1 aliphatic rings. The molecule has 1 atom stereocenters. The summed E-state index contributed by atoms with van der Waals surface area (Å²) < 4.78 is 10.5. The molecular formula is C15H25N3O2. The lowest BCUT2D eigenvalue weighted by Crippen LogP contribution is -2.45. The third-order valence-corrected chi connectivity index (χ3v) is 3.79. The van der Waals surface area contributed by atoms with Crippen LogP contribution in [0.25, 0.3) is 0 Å². The normalized spacial score (nSPS) is 18.2. The Kier molecular flexibility index (Phi) is 6.24. The molecule has 2 rings (SSSR count). The van der Waals surface area contributed by atoms with Gasteiger partial charge in [-0.15, -0.1) is 0 Å². The second-order valence-electron chi connectivity index (χ2n) is 5.17. The summed E-state index contributed by atoms with van der Waals surface area (Å²) in [5.74, 6) is 1.08. The highest BCUT2D eigenvalue weighted by molar-refractivity contribution is 5.38. The Labute approximate surface area is 121 Å². The van der Waals surface area contributed by atoms with Crippen LogP contribution in [0.15, 0.2) is 24.4 Å². The van der Waals surface area contributed by atoms with Crippen LogP contribution >= 0.6 is 0 Å². The van der Waals surface area contributed by atoms with Gasteiger partial charge in [0, 0.05) is 46.1 Å². The maximum Gasteiger partial charge on any atom is 0.128 e. The maximum absolute atomic E-state index is 5.36. The zero-order chi connectivity index (χ0) is 14.2. The molecule has 0 spiro atoms. The smallest absolute Gasteiger partial charge is 0.128 e. The van der Waals surface area contributed by atoms with Gasteiger partial charge in [-0.1, -0.05) is 6.07 Å². The quantitative estimate of drug-likeness (QED) is 0.815. The van der Waals surface area contributed by atoms with E-state index in [0.29, 0.717) is 12.6 Å². The lowest BCUT2D eigenvalue weighted by atomic mass is 10.0. The molecule has 0 aromatic carbocycles. The summed E-state index contributed by atoms with van der Waals surface area (Å²) >= 11 is 0. The van der Waals surface area contributed by atoms with E-state index in [2.05, 4.69) is 21.3 Å². The number of hydrogen-bond acceptors (Lipinski definition) is 5. The molecule has 1 saturated heterocycles. The van der Waals surface area contributed by atoms with Crippen molar-refractivity contribution in [3.05, 3.63) is 24.4 Å². The van der Waals surface area contributed by atoms with Crippen LogP contribution in [0.3, 0.4) is 0 Å². The van der Waals surface area contributed by atoms with E-state index in [9.17, 15) is 0 Å². The summed E-state index contributed by atoms with van der Waals surface area (Å²) in [6, 6.07) is 6.64. The van der Waals surface area contributed by atoms with Gasteiger partial charge in [0.15, 0.2) is 0 Å². The summed E-state index contributed by atoms with van der Waals surface area (Å²) in [6.07, 6.45) is 4.27. The molecule has 5 heteroatoms. The summed E-state index contributed by atoms with van der Waals surface area (Å²) in [4.78, 5) is 6.76. The third kappa shape index (κ3) is 4.44. The lowest BCUT2D eigenvalue weighted by molar-refractivity contribution is 0.0269. The zero-order valence-corrected chi connectivity index (χ0v) is 12.4. The zero-order valence-electron chi connectivity index (χ0n) is 12.4. The van der Waals surface area contributed by atoms with E-state index in [0.717, 1.165) is 38.3 Å². The van der Waals surface area contributed by atoms with Gasteiger partial charge < -0.3 is 19.7 Å². The molecule has 20 heavy (non-hydrogen) atoms. The van der Waals surface area contributed by atoms with Gasteiger partial charge in [-0.3, -0.25) is 0 Å². The lowest BCUT2D eigenvalue weighted by Gasteiger charge is -2.33. The van der Waals surface area contributed by atoms with E-state index in [1.165, 1.54) is 0 Å². The Morgan fingerprint density at radius 1 is 1.35 bits per heavy atom. The van der Waals surface area contributed by atoms with Crippen molar-refractivity contribution in [1.29, 1.82) is 0 Å². The molecule has 1 aliphatic heterocycles. The van der Waals surface area contributed by atoms with Gasteiger partial charge in [0.25, 0.3) is 0 Å². The van der Waals surface area contributed by atoms with Crippen molar-refractivity contribution in [3.8, 4) is 0 Å². The van der Waals surface area contributed by atoms with Crippen molar-refractivity contribution >= 4 is 5.82 Å². The summed E-state index contributed by atoms with van der Waals surface area (Å²) in [6.45, 7) is 3.59. The fourth-order valence-electron chi connectivity index (χ4n) is 2.55. The van der Waals surface area contributed by atoms with E-state index < -0.39 is 0 Å². The molecule has 0 saturated carbocycles. The number of nitrogens with zero attached hydrogens (tertiary/aromatic N) is 2. The molecule has 0 radical (unpaired) electrons. The van der Waals surface area contributed by atoms with E-state index in [4.69, 9.17) is 9.47 Å². The Morgan fingerprint density at radius 3 is 2.75 bits per heavy atom. The first-order valence-corrected chi connectivity index (χ1v) is 7.24. The van der Waals surface area contributed by atoms with Crippen molar-refractivity contribution in [1.82, 2.24) is 10.3 Å². The van der Waals surface area contributed by atoms with Gasteiger partial charge >= 0.3 is 0 Å². The molecule has 0 bridgehead atoms. The van der Waals surface area contributed by atoms with E-state index in [1.54, 1.807) is 14.2 Å². The third-order valence-electron chi connectivity index (χ3n) is 3.79. The predicted octanol–water partition coefficient (Wildman–Crippen LogP) is 1.30. The fourth-order valence-corrected chi connectivity index (χ4v) is 2.55. The van der Waals surface area contributed by atoms with Crippen molar-refractivity contribution in [2.45, 2.75) is 25.0 Å². The van der Waals surface area contributed by atoms with E-state index in [-0.39, 0.29) is 6.10 Å². The minimum absolute atomic E-state index is 0.133. The second kappa shape index (κ2) is 8.19. The molecule has 2 heterocycles. The maximum atomic E-state index is 5.36. The SMILES string of the molecule is COCC(CNC1CCN(c2ccccn2)CC1)OC. The standard InChI is InChI=1S/C15H25N3O2/c1-19-12-14(20-2)11-17-13-6-9-18(10-7-13)15-5-3-4-8-16-15/h3-5,8,13-14,17H,6-7,9-12H2,1-2H3. The van der Waals surface area contributed by atoms with Crippen molar-refractivity contribution < 1.29 is 9.47 Å². The van der Waals surface area contributed by atoms with Crippen LogP contribution in [0.1, 0.15) is 12.8 Å². The summed E-state index contributed by atoms with van der Waals surface area (Å²) in [5.41, 5.74) is 0. The number of nitrogens with one attached hydrogen (secondary N) is 1. The monoisotopic (exact) mass is 279 g/mol. The van der Waals surface area contributed by atoms with Gasteiger partial charge in [-0.05, 0) is 25.0 Å². The second-order valence-corrected chi connectivity index (χ2v) is 5.17. The van der Waals surface area contributed by atoms with Crippen molar-refractivity contribution in [2.24, 2.45) is 0 Å². The molecule has 5 nitrogen and oxygen atoms in total. The Bertz CT molecular complexity index is 367. The molecular weight excluding hydrogens is 254 g/mol. The molecule has 0 aliphatic carbocycles. The number of pyridine rings is 1. The molecule has 1 aromatic heterocycles. The number of aromatic nitrogens is 1. The van der Waals surface area contributed by atoms with Gasteiger partial charge in [0.1, 0.15) is 5.82 Å². The Morgan fingerprint density at radius 2 is 2.15 bits per heavy atom. The van der Waals surface area contributed by atoms with Crippen LogP contribution in [0.5, 0.6) is 0 Å². The first-order chi connectivity index (χ1) is 9.83. The minimum Gasteiger partial charge on any atom is -0.382 e. The van der Waals surface area contributed by atoms with Gasteiger partial charge in [-0.25, -0.2) is 4.98 Å². The average Bonchev–Trinajstić information content (AvgIpc) is 2.53. The predicted molar refractivity (Wildman–Crippen MR) is 80.1 cm³/mol. The molecule has 1 N–H and O–H groups in total. The van der Waals surface area contributed by atoms with E-state index >= 15 is 0 Å². The van der Waals surface area contributed by atoms with Gasteiger partial charge in [0.05, 0.1) is 12.7 Å². The fraction of sp³-hybridized carbons (Fsp3) is 0.667. The number of ether oxygens (including phenoxy) is 2. The van der Waals surface area contributed by atoms with Crippen LogP contribution < -0.4 is 10.2 Å². The highest BCUT2D eigenvalue weighted by atomic mass is 16.5. The number of rotatable bonds is 7. The summed E-state index contributed by atoms with van der Waals surface area (Å²) in [5, 5.41) is 3.58. The van der Waals surface area contributed by atoms with Crippen LogP contribution in [0, 0.1) is 0 Å². The molecule has 1 fully saturated rings. The Balaban J connectivity index is 1.72. The number of hydrogen-bond donors (Lipinski definition) is 1. The van der Waals surface area contributed by atoms with Crippen molar-refractivity contribution in [2.75, 3.05) is 45.4 Å². The van der Waals surface area contributed by atoms with Crippen LogP contribution in [-0.4, -0.2) is 57.6 Å². The van der Waals surface area contributed by atoms with E-state index in [1.807, 2.05) is 18.3 Å². The molecule has 1 unspecified atom stereocenters. The summed E-state index contributed by atoms with van der Waals surface area (Å²) in [7, 11) is 3.44. The minimum atomic E-state index is 0.133. The van der Waals surface area contributed by atoms with Crippen molar-refractivity contribution in [3.63, 3.8) is 0 Å². The average molecular weight is 279 g/mol. The largest absolute Gasteiger partial charge is 0.382 e. The number of anilines is 1.